The molecule has 0 bridgehead atoms. The van der Waals surface area contributed by atoms with Crippen molar-refractivity contribution in [3.05, 3.63) is 376 Å². The third-order valence-corrected chi connectivity index (χ3v) is 25.2. The molecule has 114 heavy (non-hydrogen) atoms. The standard InChI is InChI=1S/2C34H21N3S.C33H20N4S/c1-3-11-22(12-4-1)27-21-28(23-13-5-2-6-14-23)36-34(35-27)37-29-17-9-7-16-26(29)32-30(37)20-19-25-24-15-8-10-18-31(24)38-33(25)32;1-3-11-22(12-4-1)32-29(21-35-34(36-32)23-13-5-2-6-14-23)37-27-17-9-7-16-26(27)31-28(37)20-19-25-24-15-8-10-18-30(24)38-33(25)31;1-3-11-21(12-4-1)31-34-32(22-13-5-2-6-14-22)36-33(35-31)37-26-17-9-7-16-25(26)29-27(37)20-19-24-23-15-8-10-18-28(23)38-30(24)29/h2*1-21H;1-20H. The zero-order valence-corrected chi connectivity index (χ0v) is 63.4. The largest absolute Gasteiger partial charge is 0.306 e. The first-order valence-electron chi connectivity index (χ1n) is 37.9. The minimum Gasteiger partial charge on any atom is -0.306 e. The molecule has 0 fully saturated rings. The number of thiophene rings is 3. The maximum absolute atomic E-state index is 5.15. The molecular formula is C101H62N10S3. The SMILES string of the molecule is c1ccc(-c2cc(-c3ccccc3)nc(-n3c4ccccc4c4c5sc6ccccc6c5ccc43)n2)cc1.c1ccc(-c2nc(-c3ccccc3)nc(-n3c4ccccc4c4c5sc6ccccc6c5ccc43)n2)cc1.c1ccc(-c2ncc(-n3c4ccccc4c4c5sc6ccccc6c5ccc43)c(-c3ccccc3)n2)cc1. The van der Waals surface area contributed by atoms with Gasteiger partial charge in [-0.2, -0.15) is 9.97 Å². The summed E-state index contributed by atoms with van der Waals surface area (Å²) >= 11 is 5.58. The first-order valence-corrected chi connectivity index (χ1v) is 40.4. The minimum absolute atomic E-state index is 0.615. The zero-order chi connectivity index (χ0) is 75.2. The van der Waals surface area contributed by atoms with Crippen molar-refractivity contribution in [3.8, 4) is 85.5 Å². The summed E-state index contributed by atoms with van der Waals surface area (Å²) in [6.45, 7) is 0. The number of fused-ring (bicyclic) bond motifs is 21. The van der Waals surface area contributed by atoms with E-state index in [2.05, 4.69) is 287 Å². The molecule has 13 heteroatoms. The fraction of sp³-hybridized carbons (Fsp3) is 0. The van der Waals surface area contributed by atoms with Crippen molar-refractivity contribution in [3.63, 3.8) is 0 Å². The van der Waals surface area contributed by atoms with Crippen LogP contribution in [0.25, 0.3) is 211 Å². The van der Waals surface area contributed by atoms with E-state index in [1.54, 1.807) is 0 Å². The molecule has 0 spiro atoms. The number of hydrogen-bond donors (Lipinski definition) is 0. The lowest BCUT2D eigenvalue weighted by Crippen LogP contribution is -2.06. The highest BCUT2D eigenvalue weighted by atomic mass is 32.1. The van der Waals surface area contributed by atoms with Gasteiger partial charge in [-0.25, -0.2) is 24.9 Å². The van der Waals surface area contributed by atoms with Crippen molar-refractivity contribution >= 4 is 160 Å². The molecule has 0 N–H and O–H groups in total. The third kappa shape index (κ3) is 11.3. The number of benzene rings is 15. The summed E-state index contributed by atoms with van der Waals surface area (Å²) in [5, 5.41) is 15.2. The van der Waals surface area contributed by atoms with Crippen LogP contribution < -0.4 is 0 Å². The van der Waals surface area contributed by atoms with Crippen molar-refractivity contribution in [2.75, 3.05) is 0 Å². The molecule has 0 saturated heterocycles. The lowest BCUT2D eigenvalue weighted by molar-refractivity contribution is 0.953. The molecule has 0 atom stereocenters. The molecule has 15 aromatic carbocycles. The predicted molar refractivity (Wildman–Crippen MR) is 478 cm³/mol. The second-order valence-electron chi connectivity index (χ2n) is 28.2. The Morgan fingerprint density at radius 3 is 0.912 bits per heavy atom. The summed E-state index contributed by atoms with van der Waals surface area (Å²) in [5.41, 5.74) is 16.6. The molecule has 24 rings (SSSR count). The molecule has 9 aromatic heterocycles. The molecule has 0 saturated carbocycles. The lowest BCUT2D eigenvalue weighted by Gasteiger charge is -2.14. The number of rotatable bonds is 9. The van der Waals surface area contributed by atoms with Crippen LogP contribution >= 0.6 is 34.0 Å². The van der Waals surface area contributed by atoms with Crippen LogP contribution in [0.15, 0.2) is 376 Å². The Hall–Kier alpha value is -14.5. The monoisotopic (exact) mass is 1510 g/mol. The van der Waals surface area contributed by atoms with E-state index in [0.29, 0.717) is 23.5 Å². The Morgan fingerprint density at radius 2 is 0.518 bits per heavy atom. The summed E-state index contributed by atoms with van der Waals surface area (Å²) in [5.74, 6) is 3.33. The van der Waals surface area contributed by atoms with Crippen molar-refractivity contribution in [2.45, 2.75) is 0 Å². The van der Waals surface area contributed by atoms with Crippen LogP contribution in [-0.2, 0) is 0 Å². The van der Waals surface area contributed by atoms with Crippen molar-refractivity contribution in [1.82, 2.24) is 48.6 Å². The van der Waals surface area contributed by atoms with Gasteiger partial charge >= 0.3 is 0 Å². The van der Waals surface area contributed by atoms with Gasteiger partial charge in [0.1, 0.15) is 0 Å². The van der Waals surface area contributed by atoms with Crippen LogP contribution in [0.1, 0.15) is 0 Å². The van der Waals surface area contributed by atoms with Gasteiger partial charge in [0.25, 0.3) is 0 Å². The van der Waals surface area contributed by atoms with Gasteiger partial charge in [0.2, 0.25) is 11.9 Å². The highest BCUT2D eigenvalue weighted by Crippen LogP contribution is 2.48. The molecule has 0 radical (unpaired) electrons. The van der Waals surface area contributed by atoms with Gasteiger partial charge in [0.05, 0.1) is 62.1 Å². The summed E-state index contributed by atoms with van der Waals surface area (Å²) in [7, 11) is 0. The topological polar surface area (TPSA) is 105 Å². The number of para-hydroxylation sites is 3. The van der Waals surface area contributed by atoms with Gasteiger partial charge in [0, 0.05) is 126 Å². The van der Waals surface area contributed by atoms with Crippen molar-refractivity contribution < 1.29 is 0 Å². The van der Waals surface area contributed by atoms with Crippen LogP contribution in [0.2, 0.25) is 0 Å². The smallest absolute Gasteiger partial charge is 0.238 e. The van der Waals surface area contributed by atoms with E-state index in [4.69, 9.17) is 34.9 Å². The van der Waals surface area contributed by atoms with E-state index in [0.717, 1.165) is 89.6 Å². The molecule has 0 aliphatic heterocycles. The van der Waals surface area contributed by atoms with Gasteiger partial charge in [0.15, 0.2) is 17.5 Å². The molecule has 24 aromatic rings. The Morgan fingerprint density at radius 1 is 0.211 bits per heavy atom. The fourth-order valence-electron chi connectivity index (χ4n) is 16.4. The average Bonchev–Trinajstić information content (AvgIpc) is 1.57. The molecule has 0 aliphatic carbocycles. The first kappa shape index (κ1) is 66.5. The molecular weight excluding hydrogens is 1450 g/mol. The van der Waals surface area contributed by atoms with E-state index in [-0.39, 0.29) is 0 Å². The Labute approximate surface area is 665 Å². The lowest BCUT2D eigenvalue weighted by atomic mass is 10.1. The van der Waals surface area contributed by atoms with E-state index >= 15 is 0 Å². The molecule has 9 heterocycles. The van der Waals surface area contributed by atoms with Crippen LogP contribution in [0.3, 0.4) is 0 Å². The van der Waals surface area contributed by atoms with Gasteiger partial charge in [-0.05, 0) is 60.7 Å². The van der Waals surface area contributed by atoms with Crippen molar-refractivity contribution in [1.29, 1.82) is 0 Å². The quantitative estimate of drug-likeness (QED) is 0.142. The second-order valence-corrected chi connectivity index (χ2v) is 31.4. The fourth-order valence-corrected chi connectivity index (χ4v) is 20.2. The summed E-state index contributed by atoms with van der Waals surface area (Å²) in [6.07, 6.45) is 1.98. The molecule has 10 nitrogen and oxygen atoms in total. The summed E-state index contributed by atoms with van der Waals surface area (Å²) < 4.78 is 14.6. The molecule has 534 valence electrons. The van der Waals surface area contributed by atoms with Crippen molar-refractivity contribution in [2.24, 2.45) is 0 Å². The zero-order valence-electron chi connectivity index (χ0n) is 61.0. The first-order chi connectivity index (χ1) is 56.6. The molecule has 0 aliphatic rings. The Bertz CT molecular complexity index is 7420. The van der Waals surface area contributed by atoms with Crippen LogP contribution in [-0.4, -0.2) is 48.6 Å². The van der Waals surface area contributed by atoms with Gasteiger partial charge in [-0.3, -0.25) is 9.13 Å². The normalized spacial score (nSPS) is 11.7. The van der Waals surface area contributed by atoms with Crippen LogP contribution in [0.5, 0.6) is 0 Å². The van der Waals surface area contributed by atoms with E-state index in [1.807, 2.05) is 137 Å². The van der Waals surface area contributed by atoms with Gasteiger partial charge < -0.3 is 4.57 Å². The minimum atomic E-state index is 0.615. The van der Waals surface area contributed by atoms with Gasteiger partial charge in [-0.15, -0.1) is 34.0 Å². The number of nitrogens with zero attached hydrogens (tertiary/aromatic N) is 10. The van der Waals surface area contributed by atoms with E-state index in [1.165, 1.54) is 98.4 Å². The third-order valence-electron chi connectivity index (χ3n) is 21.6. The van der Waals surface area contributed by atoms with Gasteiger partial charge in [-0.1, -0.05) is 309 Å². The average molecular weight is 1510 g/mol. The van der Waals surface area contributed by atoms with E-state index < -0.39 is 0 Å². The number of aromatic nitrogens is 10. The second kappa shape index (κ2) is 27.8. The Balaban J connectivity index is 0.000000104. The van der Waals surface area contributed by atoms with Crippen LogP contribution in [0, 0.1) is 0 Å². The highest BCUT2D eigenvalue weighted by molar-refractivity contribution is 7.27. The van der Waals surface area contributed by atoms with Crippen LogP contribution in [0.4, 0.5) is 0 Å². The maximum atomic E-state index is 5.15. The summed E-state index contributed by atoms with van der Waals surface area (Å²) in [6, 6.07) is 129. The molecule has 0 unspecified atom stereocenters. The van der Waals surface area contributed by atoms with E-state index in [9.17, 15) is 0 Å². The predicted octanol–water partition coefficient (Wildman–Crippen LogP) is 27.2. The summed E-state index contributed by atoms with van der Waals surface area (Å²) in [4.78, 5) is 35.3. The number of hydrogen-bond acceptors (Lipinski definition) is 10. The maximum Gasteiger partial charge on any atom is 0.238 e. The Kier molecular flexibility index (Phi) is 16.2. The highest BCUT2D eigenvalue weighted by Gasteiger charge is 2.25. The molecule has 0 amide bonds.